The summed E-state index contributed by atoms with van der Waals surface area (Å²) in [7, 11) is 0. The van der Waals surface area contributed by atoms with Crippen LogP contribution in [-0.4, -0.2) is 24.6 Å². The Hall–Kier alpha value is -3.10. The van der Waals surface area contributed by atoms with Gasteiger partial charge in [-0.15, -0.1) is 0 Å². The second-order valence-corrected chi connectivity index (χ2v) is 6.41. The Bertz CT molecular complexity index is 868. The van der Waals surface area contributed by atoms with E-state index >= 15 is 0 Å². The summed E-state index contributed by atoms with van der Waals surface area (Å²) >= 11 is 0. The van der Waals surface area contributed by atoms with E-state index in [1.54, 1.807) is 12.2 Å². The minimum absolute atomic E-state index is 0.124. The van der Waals surface area contributed by atoms with Crippen LogP contribution in [0, 0.1) is 16.0 Å². The molecule has 1 aromatic carbocycles. The molecule has 28 heavy (non-hydrogen) atoms. The van der Waals surface area contributed by atoms with Crippen LogP contribution in [0.3, 0.4) is 0 Å². The molecule has 0 heterocycles. The first-order valence-corrected chi connectivity index (χ1v) is 9.15. The zero-order chi connectivity index (χ0) is 19.9. The van der Waals surface area contributed by atoms with Gasteiger partial charge in [-0.25, -0.2) is 5.90 Å². The van der Waals surface area contributed by atoms with Crippen molar-refractivity contribution in [1.29, 1.82) is 0 Å². The number of benzene rings is 1. The summed E-state index contributed by atoms with van der Waals surface area (Å²) in [5.74, 6) is 4.97. The zero-order valence-corrected chi connectivity index (χ0v) is 15.7. The van der Waals surface area contributed by atoms with Crippen molar-refractivity contribution in [3.63, 3.8) is 0 Å². The van der Waals surface area contributed by atoms with Crippen LogP contribution in [0.4, 0.5) is 11.4 Å². The van der Waals surface area contributed by atoms with Gasteiger partial charge in [0, 0.05) is 36.3 Å². The van der Waals surface area contributed by atoms with Crippen molar-refractivity contribution in [1.82, 2.24) is 0 Å². The lowest BCUT2D eigenvalue weighted by Gasteiger charge is -2.22. The predicted octanol–water partition coefficient (Wildman–Crippen LogP) is 4.05. The van der Waals surface area contributed by atoms with Crippen LogP contribution in [0.25, 0.3) is 0 Å². The summed E-state index contributed by atoms with van der Waals surface area (Å²) < 4.78 is 0. The Morgan fingerprint density at radius 3 is 2.71 bits per heavy atom. The first kappa shape index (κ1) is 19.7. The lowest BCUT2D eigenvalue weighted by Crippen LogP contribution is -2.27. The molecule has 8 nitrogen and oxygen atoms in total. The monoisotopic (exact) mass is 381 g/mol. The summed E-state index contributed by atoms with van der Waals surface area (Å²) in [5.41, 5.74) is 3.30. The fourth-order valence-electron chi connectivity index (χ4n) is 3.30. The van der Waals surface area contributed by atoms with Crippen LogP contribution in [-0.2, 0) is 4.84 Å². The van der Waals surface area contributed by atoms with Crippen molar-refractivity contribution in [2.75, 3.05) is 24.6 Å². The molecule has 0 aromatic heterocycles. The van der Waals surface area contributed by atoms with Gasteiger partial charge in [0.25, 0.3) is 5.70 Å². The smallest absolute Gasteiger partial charge is 0.273 e. The number of azo groups is 1. The highest BCUT2D eigenvalue weighted by atomic mass is 16.6. The third-order valence-corrected chi connectivity index (χ3v) is 4.78. The molecule has 146 valence electrons. The SMILES string of the molecule is CCN(CCON)c1ccc(N=NC2=CC=C([N+](=O)[O-])C3=CC=CCC23)cc1. The fraction of sp³-hybridized carbons (Fsp3) is 0.300. The molecule has 3 rings (SSSR count). The van der Waals surface area contributed by atoms with Gasteiger partial charge in [0.2, 0.25) is 0 Å². The minimum atomic E-state index is -0.351. The number of likely N-dealkylation sites (N-methyl/N-ethyl adjacent to an activating group) is 1. The van der Waals surface area contributed by atoms with E-state index in [9.17, 15) is 10.1 Å². The third kappa shape index (κ3) is 4.41. The largest absolute Gasteiger partial charge is 0.369 e. The molecule has 1 atom stereocenters. The molecule has 2 N–H and O–H groups in total. The van der Waals surface area contributed by atoms with Crippen LogP contribution in [0.2, 0.25) is 0 Å². The predicted molar refractivity (Wildman–Crippen MR) is 107 cm³/mol. The number of anilines is 1. The molecule has 0 saturated heterocycles. The molecule has 0 spiro atoms. The number of nitro groups is 1. The maximum Gasteiger partial charge on any atom is 0.273 e. The van der Waals surface area contributed by atoms with E-state index in [4.69, 9.17) is 5.90 Å². The number of allylic oxidation sites excluding steroid dienone is 7. The van der Waals surface area contributed by atoms with Gasteiger partial charge in [-0.3, -0.25) is 10.1 Å². The summed E-state index contributed by atoms with van der Waals surface area (Å²) in [6.45, 7) is 4.06. The van der Waals surface area contributed by atoms with Crippen molar-refractivity contribution < 1.29 is 9.76 Å². The standard InChI is InChI=1S/C20H23N5O3/c1-2-24(13-14-28-21)16-9-7-15(8-10-16)22-23-19-11-12-20(25(26)27)18-6-4-3-5-17(18)19/h3-4,6-12,17H,2,5,13-14,21H2,1H3. The van der Waals surface area contributed by atoms with Crippen LogP contribution in [0.1, 0.15) is 13.3 Å². The number of hydrogen-bond donors (Lipinski definition) is 1. The van der Waals surface area contributed by atoms with Crippen molar-refractivity contribution in [3.8, 4) is 0 Å². The van der Waals surface area contributed by atoms with Crippen LogP contribution in [0.5, 0.6) is 0 Å². The average Bonchev–Trinajstić information content (AvgIpc) is 2.73. The highest BCUT2D eigenvalue weighted by Gasteiger charge is 2.31. The molecule has 0 saturated carbocycles. The van der Waals surface area contributed by atoms with E-state index in [1.165, 1.54) is 6.08 Å². The number of rotatable bonds is 8. The molecular weight excluding hydrogens is 358 g/mol. The zero-order valence-electron chi connectivity index (χ0n) is 15.7. The van der Waals surface area contributed by atoms with Gasteiger partial charge in [-0.05, 0) is 43.7 Å². The Morgan fingerprint density at radius 2 is 2.04 bits per heavy atom. The Kier molecular flexibility index (Phi) is 6.46. The minimum Gasteiger partial charge on any atom is -0.369 e. The van der Waals surface area contributed by atoms with Gasteiger partial charge in [-0.2, -0.15) is 10.2 Å². The van der Waals surface area contributed by atoms with Gasteiger partial charge < -0.3 is 9.74 Å². The van der Waals surface area contributed by atoms with Gasteiger partial charge in [0.15, 0.2) is 0 Å². The quantitative estimate of drug-likeness (QED) is 0.415. The van der Waals surface area contributed by atoms with Gasteiger partial charge in [0.1, 0.15) is 0 Å². The number of fused-ring (bicyclic) bond motifs is 1. The Morgan fingerprint density at radius 1 is 1.25 bits per heavy atom. The molecule has 0 bridgehead atoms. The maximum absolute atomic E-state index is 11.2. The molecule has 0 fully saturated rings. The Labute approximate surface area is 163 Å². The molecular formula is C20H23N5O3. The Balaban J connectivity index is 1.75. The van der Waals surface area contributed by atoms with Crippen molar-refractivity contribution in [2.24, 2.45) is 22.0 Å². The second-order valence-electron chi connectivity index (χ2n) is 6.41. The van der Waals surface area contributed by atoms with Crippen molar-refractivity contribution >= 4 is 11.4 Å². The van der Waals surface area contributed by atoms with Gasteiger partial charge >= 0.3 is 0 Å². The van der Waals surface area contributed by atoms with E-state index in [0.717, 1.165) is 23.6 Å². The first-order chi connectivity index (χ1) is 13.6. The number of nitrogens with two attached hydrogens (primary N) is 1. The topological polar surface area (TPSA) is 106 Å². The molecule has 0 radical (unpaired) electrons. The van der Waals surface area contributed by atoms with Crippen LogP contribution in [0.15, 0.2) is 81.8 Å². The van der Waals surface area contributed by atoms with Crippen LogP contribution < -0.4 is 10.8 Å². The summed E-state index contributed by atoms with van der Waals surface area (Å²) in [6.07, 6.45) is 9.47. The highest BCUT2D eigenvalue weighted by molar-refractivity contribution is 5.53. The number of nitrogens with zero attached hydrogens (tertiary/aromatic N) is 4. The molecule has 8 heteroatoms. The van der Waals surface area contributed by atoms with E-state index in [-0.39, 0.29) is 16.5 Å². The summed E-state index contributed by atoms with van der Waals surface area (Å²) in [5, 5.41) is 19.9. The lowest BCUT2D eigenvalue weighted by atomic mass is 9.84. The lowest BCUT2D eigenvalue weighted by molar-refractivity contribution is -0.421. The summed E-state index contributed by atoms with van der Waals surface area (Å²) in [6, 6.07) is 7.74. The molecule has 0 amide bonds. The fourth-order valence-corrected chi connectivity index (χ4v) is 3.30. The maximum atomic E-state index is 11.2. The second kappa shape index (κ2) is 9.20. The van der Waals surface area contributed by atoms with E-state index in [0.29, 0.717) is 25.1 Å². The molecule has 0 aliphatic heterocycles. The molecule has 2 aliphatic rings. The van der Waals surface area contributed by atoms with Gasteiger partial charge in [-0.1, -0.05) is 18.2 Å². The average molecular weight is 381 g/mol. The van der Waals surface area contributed by atoms with Crippen molar-refractivity contribution in [2.45, 2.75) is 13.3 Å². The van der Waals surface area contributed by atoms with E-state index < -0.39 is 0 Å². The van der Waals surface area contributed by atoms with Gasteiger partial charge in [0.05, 0.1) is 22.9 Å². The van der Waals surface area contributed by atoms with E-state index in [1.807, 2.05) is 36.4 Å². The van der Waals surface area contributed by atoms with Crippen LogP contribution >= 0.6 is 0 Å². The van der Waals surface area contributed by atoms with Crippen molar-refractivity contribution in [3.05, 3.63) is 81.7 Å². The molecule has 1 unspecified atom stereocenters. The highest BCUT2D eigenvalue weighted by Crippen LogP contribution is 2.37. The normalized spacial score (nSPS) is 18.4. The molecule has 1 aromatic rings. The number of hydrogen-bond acceptors (Lipinski definition) is 7. The molecule has 2 aliphatic carbocycles. The summed E-state index contributed by atoms with van der Waals surface area (Å²) in [4.78, 5) is 17.7. The van der Waals surface area contributed by atoms with E-state index in [2.05, 4.69) is 26.9 Å². The third-order valence-electron chi connectivity index (χ3n) is 4.78. The first-order valence-electron chi connectivity index (χ1n) is 9.15.